The molecule has 2 aromatic heterocycles. The summed E-state index contributed by atoms with van der Waals surface area (Å²) in [6.45, 7) is 9.22. The van der Waals surface area contributed by atoms with E-state index in [1.807, 2.05) is 24.4 Å². The molecule has 0 unspecified atom stereocenters. The van der Waals surface area contributed by atoms with Crippen molar-refractivity contribution in [3.05, 3.63) is 77.2 Å². The maximum Gasteiger partial charge on any atom is 0.136 e. The maximum absolute atomic E-state index is 9.73. The Morgan fingerprint density at radius 1 is 1.03 bits per heavy atom. The molecule has 0 saturated carbocycles. The number of hydrogen-bond donors (Lipinski definition) is 1. The summed E-state index contributed by atoms with van der Waals surface area (Å²) >= 11 is 0. The number of methoxy groups -OCH3 is 1. The second-order valence-electron chi connectivity index (χ2n) is 8.61. The minimum Gasteiger partial charge on any atom is -0.496 e. The van der Waals surface area contributed by atoms with Crippen LogP contribution in [0.5, 0.6) is 5.75 Å². The third-order valence-electron chi connectivity index (χ3n) is 6.71. The molecule has 1 aromatic carbocycles. The number of pyridine rings is 1. The van der Waals surface area contributed by atoms with Crippen molar-refractivity contribution >= 4 is 0 Å². The van der Waals surface area contributed by atoms with Crippen molar-refractivity contribution in [1.82, 2.24) is 19.4 Å². The highest BCUT2D eigenvalue weighted by atomic mass is 16.5. The van der Waals surface area contributed by atoms with Crippen LogP contribution in [0, 0.1) is 13.8 Å². The van der Waals surface area contributed by atoms with Gasteiger partial charge in [-0.2, -0.15) is 0 Å². The van der Waals surface area contributed by atoms with Gasteiger partial charge < -0.3 is 14.4 Å². The molecular formula is C26H34N4O2. The number of benzene rings is 1. The van der Waals surface area contributed by atoms with Gasteiger partial charge in [0.25, 0.3) is 0 Å². The van der Waals surface area contributed by atoms with Crippen molar-refractivity contribution in [2.24, 2.45) is 0 Å². The lowest BCUT2D eigenvalue weighted by molar-refractivity contribution is 0.0490. The summed E-state index contributed by atoms with van der Waals surface area (Å²) < 4.78 is 7.64. The minimum absolute atomic E-state index is 0.208. The molecule has 0 aliphatic carbocycles. The molecule has 6 nitrogen and oxygen atoms in total. The molecule has 0 bridgehead atoms. The zero-order valence-corrected chi connectivity index (χ0v) is 19.4. The van der Waals surface area contributed by atoms with Gasteiger partial charge in [0.05, 0.1) is 7.11 Å². The summed E-state index contributed by atoms with van der Waals surface area (Å²) in [6, 6.07) is 14.8. The fourth-order valence-corrected chi connectivity index (χ4v) is 4.69. The molecule has 1 aliphatic rings. The van der Waals surface area contributed by atoms with E-state index in [0.29, 0.717) is 6.04 Å². The molecule has 1 N–H and O–H groups in total. The summed E-state index contributed by atoms with van der Waals surface area (Å²) in [4.78, 5) is 9.52. The molecule has 32 heavy (non-hydrogen) atoms. The molecule has 0 amide bonds. The Hall–Kier alpha value is -2.67. The van der Waals surface area contributed by atoms with Gasteiger partial charge in [-0.15, -0.1) is 0 Å². The van der Waals surface area contributed by atoms with Gasteiger partial charge in [0.2, 0.25) is 0 Å². The number of hydrogen-bond acceptors (Lipinski definition) is 5. The SMILES string of the molecule is COc1ccc(CN2CCN(Cc3cccn3-c3ccccn3)C[C@@H]2CCO)c(C)c1C. The first kappa shape index (κ1) is 22.5. The van der Waals surface area contributed by atoms with Crippen LogP contribution in [0.25, 0.3) is 5.82 Å². The fourth-order valence-electron chi connectivity index (χ4n) is 4.69. The lowest BCUT2D eigenvalue weighted by Gasteiger charge is -2.41. The van der Waals surface area contributed by atoms with E-state index in [1.165, 1.54) is 22.4 Å². The standard InChI is InChI=1S/C26H34N4O2/c1-20-21(2)25(32-3)10-9-22(20)17-29-15-14-28(18-23(29)11-16-31)19-24-7-6-13-30(24)26-8-4-5-12-27-26/h4-10,12-13,23,31H,11,14-19H2,1-3H3/t23-/m0/s1. The van der Waals surface area contributed by atoms with Gasteiger partial charge >= 0.3 is 0 Å². The molecule has 3 aromatic rings. The molecule has 1 fully saturated rings. The third kappa shape index (κ3) is 4.88. The van der Waals surface area contributed by atoms with E-state index in [9.17, 15) is 5.11 Å². The summed E-state index contributed by atoms with van der Waals surface area (Å²) in [5.74, 6) is 1.89. The van der Waals surface area contributed by atoms with Crippen LogP contribution >= 0.6 is 0 Å². The van der Waals surface area contributed by atoms with Crippen LogP contribution in [-0.4, -0.2) is 63.9 Å². The minimum atomic E-state index is 0.208. The third-order valence-corrected chi connectivity index (χ3v) is 6.71. The van der Waals surface area contributed by atoms with Crippen LogP contribution in [0.1, 0.15) is 28.8 Å². The largest absolute Gasteiger partial charge is 0.496 e. The monoisotopic (exact) mass is 434 g/mol. The smallest absolute Gasteiger partial charge is 0.136 e. The van der Waals surface area contributed by atoms with Gasteiger partial charge in [0.1, 0.15) is 11.6 Å². The highest BCUT2D eigenvalue weighted by molar-refractivity contribution is 5.43. The van der Waals surface area contributed by atoms with E-state index in [2.05, 4.69) is 63.7 Å². The van der Waals surface area contributed by atoms with Gasteiger partial charge in [-0.1, -0.05) is 12.1 Å². The summed E-state index contributed by atoms with van der Waals surface area (Å²) in [7, 11) is 1.72. The van der Waals surface area contributed by atoms with E-state index in [0.717, 1.165) is 50.7 Å². The van der Waals surface area contributed by atoms with Gasteiger partial charge in [-0.3, -0.25) is 9.80 Å². The number of nitrogens with zero attached hydrogens (tertiary/aromatic N) is 4. The van der Waals surface area contributed by atoms with Crippen molar-refractivity contribution in [2.75, 3.05) is 33.4 Å². The van der Waals surface area contributed by atoms with Crippen LogP contribution in [0.15, 0.2) is 54.9 Å². The molecule has 1 aliphatic heterocycles. The van der Waals surface area contributed by atoms with E-state index in [1.54, 1.807) is 7.11 Å². The number of ether oxygens (including phenoxy) is 1. The average Bonchev–Trinajstić information content (AvgIpc) is 3.27. The lowest BCUT2D eigenvalue weighted by atomic mass is 10.00. The fraction of sp³-hybridized carbons (Fsp3) is 0.423. The number of aromatic nitrogens is 2. The molecule has 1 saturated heterocycles. The van der Waals surface area contributed by atoms with Crippen LogP contribution in [0.2, 0.25) is 0 Å². The first-order chi connectivity index (χ1) is 15.6. The van der Waals surface area contributed by atoms with Crippen molar-refractivity contribution in [3.63, 3.8) is 0 Å². The Kier molecular flexibility index (Phi) is 7.25. The van der Waals surface area contributed by atoms with Crippen molar-refractivity contribution in [1.29, 1.82) is 0 Å². The van der Waals surface area contributed by atoms with Crippen LogP contribution in [0.4, 0.5) is 0 Å². The van der Waals surface area contributed by atoms with Crippen LogP contribution < -0.4 is 4.74 Å². The topological polar surface area (TPSA) is 53.8 Å². The Labute approximate surface area is 191 Å². The molecule has 6 heteroatoms. The Balaban J connectivity index is 1.45. The summed E-state index contributed by atoms with van der Waals surface area (Å²) in [5.41, 5.74) is 5.07. The second kappa shape index (κ2) is 10.3. The molecular weight excluding hydrogens is 400 g/mol. The van der Waals surface area contributed by atoms with E-state index in [4.69, 9.17) is 4.74 Å². The first-order valence-corrected chi connectivity index (χ1v) is 11.4. The summed E-state index contributed by atoms with van der Waals surface area (Å²) in [6.07, 6.45) is 4.69. The van der Waals surface area contributed by atoms with Gasteiger partial charge in [-0.05, 0) is 67.3 Å². The molecule has 0 radical (unpaired) electrons. The van der Waals surface area contributed by atoms with Gasteiger partial charge in [-0.25, -0.2) is 4.98 Å². The zero-order valence-electron chi connectivity index (χ0n) is 19.4. The predicted octanol–water partition coefficient (Wildman–Crippen LogP) is 3.57. The zero-order chi connectivity index (χ0) is 22.5. The van der Waals surface area contributed by atoms with Crippen molar-refractivity contribution < 1.29 is 9.84 Å². The maximum atomic E-state index is 9.73. The first-order valence-electron chi connectivity index (χ1n) is 11.4. The molecule has 0 spiro atoms. The molecule has 4 rings (SSSR count). The molecule has 170 valence electrons. The lowest BCUT2D eigenvalue weighted by Crippen LogP contribution is -2.52. The number of rotatable bonds is 8. The summed E-state index contributed by atoms with van der Waals surface area (Å²) in [5, 5.41) is 9.73. The Morgan fingerprint density at radius 3 is 2.66 bits per heavy atom. The predicted molar refractivity (Wildman–Crippen MR) is 127 cm³/mol. The van der Waals surface area contributed by atoms with Crippen molar-refractivity contribution in [2.45, 2.75) is 39.4 Å². The Morgan fingerprint density at radius 2 is 1.91 bits per heavy atom. The highest BCUT2D eigenvalue weighted by Gasteiger charge is 2.27. The van der Waals surface area contributed by atoms with E-state index in [-0.39, 0.29) is 6.61 Å². The normalized spacial score (nSPS) is 17.6. The number of piperazine rings is 1. The van der Waals surface area contributed by atoms with Crippen molar-refractivity contribution in [3.8, 4) is 11.6 Å². The van der Waals surface area contributed by atoms with E-state index < -0.39 is 0 Å². The van der Waals surface area contributed by atoms with Gasteiger partial charge in [0, 0.05) is 63.5 Å². The van der Waals surface area contributed by atoms with Crippen LogP contribution in [-0.2, 0) is 13.1 Å². The molecule has 1 atom stereocenters. The average molecular weight is 435 g/mol. The molecule has 3 heterocycles. The number of aliphatic hydroxyl groups excluding tert-OH is 1. The quantitative estimate of drug-likeness (QED) is 0.588. The second-order valence-corrected chi connectivity index (χ2v) is 8.61. The number of aliphatic hydroxyl groups is 1. The van der Waals surface area contributed by atoms with Gasteiger partial charge in [0.15, 0.2) is 0 Å². The highest BCUT2D eigenvalue weighted by Crippen LogP contribution is 2.26. The van der Waals surface area contributed by atoms with E-state index >= 15 is 0 Å². The Bertz CT molecular complexity index is 1020. The van der Waals surface area contributed by atoms with Crippen LogP contribution in [0.3, 0.4) is 0 Å².